The first-order valence-electron chi connectivity index (χ1n) is 8.74. The minimum Gasteiger partial charge on any atom is -0.379 e. The van der Waals surface area contributed by atoms with Crippen molar-refractivity contribution >= 4 is 21.5 Å². The van der Waals surface area contributed by atoms with Crippen LogP contribution in [0, 0.1) is 17.5 Å². The van der Waals surface area contributed by atoms with Crippen molar-refractivity contribution < 1.29 is 40.8 Å². The highest BCUT2D eigenvalue weighted by Gasteiger charge is 2.27. The molecule has 0 aliphatic heterocycles. The van der Waals surface area contributed by atoms with Crippen LogP contribution in [0.2, 0.25) is 6.04 Å². The molecule has 0 aromatic heterocycles. The highest BCUT2D eigenvalue weighted by Crippen LogP contribution is 2.25. The number of urea groups is 1. The summed E-state index contributed by atoms with van der Waals surface area (Å²) < 4.78 is 82.9. The molecule has 0 unspecified atom stereocenters. The lowest BCUT2D eigenvalue weighted by Gasteiger charge is -2.18. The molecular formula is C16H23F5N2O4Si. The van der Waals surface area contributed by atoms with Crippen LogP contribution in [0.1, 0.15) is 26.7 Å². The van der Waals surface area contributed by atoms with Gasteiger partial charge in [-0.2, -0.15) is 5.12 Å². The van der Waals surface area contributed by atoms with E-state index in [0.29, 0.717) is 37.8 Å². The lowest BCUT2D eigenvalue weighted by Crippen LogP contribution is -2.35. The van der Waals surface area contributed by atoms with Gasteiger partial charge in [-0.25, -0.2) is 18.0 Å². The summed E-state index contributed by atoms with van der Waals surface area (Å²) in [4.78, 5) is 11.6. The van der Waals surface area contributed by atoms with Gasteiger partial charge in [0.1, 0.15) is 5.69 Å². The van der Waals surface area contributed by atoms with E-state index in [9.17, 15) is 26.9 Å². The second kappa shape index (κ2) is 12.6. The molecular weight excluding hydrogens is 407 g/mol. The number of carbonyl (C=O) groups excluding carboxylic acids is 1. The Bertz CT molecular complexity index is 623. The molecule has 0 aliphatic carbocycles. The number of carbonyl (C=O) groups is 1. The van der Waals surface area contributed by atoms with Crippen LogP contribution in [0.5, 0.6) is 0 Å². The summed E-state index contributed by atoms with van der Waals surface area (Å²) in [6.45, 7) is 3.26. The quantitative estimate of drug-likeness (QED) is 0.127. The van der Waals surface area contributed by atoms with Crippen molar-refractivity contribution in [2.24, 2.45) is 0 Å². The van der Waals surface area contributed by atoms with Gasteiger partial charge in [0.15, 0.2) is 27.2 Å². The SMILES string of the molecule is CCOC(OCC)O[SiH2]CCCCN(F)C(=O)N(F)c1ccc(F)c(F)c1F. The smallest absolute Gasteiger partial charge is 0.379 e. The largest absolute Gasteiger partial charge is 0.381 e. The normalized spacial score (nSPS) is 11.6. The lowest BCUT2D eigenvalue weighted by atomic mass is 10.3. The van der Waals surface area contributed by atoms with Gasteiger partial charge in [-0.1, -0.05) is 15.4 Å². The Balaban J connectivity index is 2.38. The zero-order chi connectivity index (χ0) is 21.1. The van der Waals surface area contributed by atoms with Gasteiger partial charge in [0.25, 0.3) is 6.48 Å². The minimum atomic E-state index is -1.96. The Morgan fingerprint density at radius 2 is 1.71 bits per heavy atom. The summed E-state index contributed by atoms with van der Waals surface area (Å²) in [5.41, 5.74) is -1.22. The maximum atomic E-state index is 13.8. The van der Waals surface area contributed by atoms with E-state index < -0.39 is 62.2 Å². The Labute approximate surface area is 161 Å². The zero-order valence-corrected chi connectivity index (χ0v) is 17.0. The van der Waals surface area contributed by atoms with Crippen molar-refractivity contribution in [3.8, 4) is 0 Å². The first kappa shape index (κ1) is 24.3. The Morgan fingerprint density at radius 3 is 2.32 bits per heavy atom. The van der Waals surface area contributed by atoms with Gasteiger partial charge in [-0.05, 0) is 38.4 Å². The summed E-state index contributed by atoms with van der Waals surface area (Å²) in [5.74, 6) is -5.44. The average molecular weight is 430 g/mol. The zero-order valence-electron chi connectivity index (χ0n) is 15.6. The van der Waals surface area contributed by atoms with Crippen LogP contribution < -0.4 is 5.12 Å². The number of nitrogens with zero attached hydrogens (tertiary/aromatic N) is 2. The maximum absolute atomic E-state index is 13.8. The summed E-state index contributed by atoms with van der Waals surface area (Å²) >= 11 is 0. The highest BCUT2D eigenvalue weighted by molar-refractivity contribution is 6.27. The molecule has 1 aromatic rings. The number of halogens is 5. The van der Waals surface area contributed by atoms with Gasteiger partial charge < -0.3 is 13.9 Å². The first-order valence-corrected chi connectivity index (χ1v) is 10.3. The molecule has 2 amide bonds. The number of benzene rings is 1. The molecule has 0 radical (unpaired) electrons. The van der Waals surface area contributed by atoms with Crippen LogP contribution >= 0.6 is 0 Å². The summed E-state index contributed by atoms with van der Waals surface area (Å²) in [6.07, 6.45) is 0.692. The molecule has 0 fully saturated rings. The van der Waals surface area contributed by atoms with Gasteiger partial charge in [-0.15, -0.1) is 5.12 Å². The fourth-order valence-electron chi connectivity index (χ4n) is 2.09. The number of amides is 2. The Kier molecular flexibility index (Phi) is 11.0. The number of hydrogen-bond donors (Lipinski definition) is 0. The molecule has 0 saturated heterocycles. The Morgan fingerprint density at radius 1 is 1.07 bits per heavy atom. The van der Waals surface area contributed by atoms with Crippen LogP contribution in [0.3, 0.4) is 0 Å². The van der Waals surface area contributed by atoms with Crippen LogP contribution in [0.15, 0.2) is 12.1 Å². The molecule has 0 heterocycles. The summed E-state index contributed by atoms with van der Waals surface area (Å²) in [7, 11) is -0.999. The average Bonchev–Trinajstić information content (AvgIpc) is 2.67. The van der Waals surface area contributed by atoms with Crippen LogP contribution in [0.4, 0.5) is 32.6 Å². The van der Waals surface area contributed by atoms with E-state index in [2.05, 4.69) is 0 Å². The fraction of sp³-hybridized carbons (Fsp3) is 0.562. The van der Waals surface area contributed by atoms with E-state index in [0.717, 1.165) is 0 Å². The van der Waals surface area contributed by atoms with Crippen molar-refractivity contribution in [2.75, 3.05) is 24.9 Å². The summed E-state index contributed by atoms with van der Waals surface area (Å²) in [6, 6.07) is -0.282. The maximum Gasteiger partial charge on any atom is 0.381 e. The van der Waals surface area contributed by atoms with Crippen molar-refractivity contribution in [3.05, 3.63) is 29.6 Å². The van der Waals surface area contributed by atoms with Crippen molar-refractivity contribution in [3.63, 3.8) is 0 Å². The van der Waals surface area contributed by atoms with E-state index in [4.69, 9.17) is 13.9 Å². The second-order valence-electron chi connectivity index (χ2n) is 5.47. The lowest BCUT2D eigenvalue weighted by molar-refractivity contribution is -0.243. The minimum absolute atomic E-state index is 0.195. The molecule has 6 nitrogen and oxygen atoms in total. The van der Waals surface area contributed by atoms with Gasteiger partial charge in [0, 0.05) is 13.2 Å². The highest BCUT2D eigenvalue weighted by atomic mass is 28.2. The van der Waals surface area contributed by atoms with Crippen LogP contribution in [-0.4, -0.2) is 47.2 Å². The van der Waals surface area contributed by atoms with E-state index in [1.807, 2.05) is 0 Å². The monoisotopic (exact) mass is 430 g/mol. The van der Waals surface area contributed by atoms with Crippen molar-refractivity contribution in [1.29, 1.82) is 0 Å². The van der Waals surface area contributed by atoms with Gasteiger partial charge in [-0.3, -0.25) is 0 Å². The van der Waals surface area contributed by atoms with Crippen molar-refractivity contribution in [1.82, 2.24) is 5.12 Å². The molecule has 0 bridgehead atoms. The molecule has 28 heavy (non-hydrogen) atoms. The number of rotatable bonds is 12. The van der Waals surface area contributed by atoms with E-state index >= 15 is 0 Å². The molecule has 160 valence electrons. The van der Waals surface area contributed by atoms with E-state index in [1.165, 1.54) is 0 Å². The number of anilines is 1. The second-order valence-corrected chi connectivity index (χ2v) is 6.92. The third kappa shape index (κ3) is 7.34. The molecule has 0 atom stereocenters. The molecule has 0 spiro atoms. The van der Waals surface area contributed by atoms with Gasteiger partial charge >= 0.3 is 6.03 Å². The van der Waals surface area contributed by atoms with Crippen LogP contribution in [-0.2, 0) is 13.9 Å². The number of hydrogen-bond acceptors (Lipinski definition) is 4. The number of unbranched alkanes of at least 4 members (excludes halogenated alkanes) is 1. The van der Waals surface area contributed by atoms with Crippen LogP contribution in [0.25, 0.3) is 0 Å². The fourth-order valence-corrected chi connectivity index (χ4v) is 3.20. The molecule has 12 heteroatoms. The van der Waals surface area contributed by atoms with E-state index in [-0.39, 0.29) is 6.42 Å². The Hall–Kier alpha value is -1.76. The van der Waals surface area contributed by atoms with E-state index in [1.54, 1.807) is 13.8 Å². The predicted molar refractivity (Wildman–Crippen MR) is 93.8 cm³/mol. The standard InChI is InChI=1S/C16H23F5N2O4Si/c1-3-25-16(26-4-2)27-28-10-6-5-9-22(20)15(24)23(21)12-8-7-11(17)13(18)14(12)19/h7-8,16H,3-6,9-10,28H2,1-2H3. The third-order valence-corrected chi connectivity index (χ3v) is 4.76. The third-order valence-electron chi connectivity index (χ3n) is 3.46. The molecule has 0 N–H and O–H groups in total. The van der Waals surface area contributed by atoms with Gasteiger partial charge in [0.2, 0.25) is 0 Å². The molecule has 0 saturated carbocycles. The van der Waals surface area contributed by atoms with Crippen molar-refractivity contribution in [2.45, 2.75) is 39.2 Å². The number of ether oxygens (including phenoxy) is 2. The van der Waals surface area contributed by atoms with Gasteiger partial charge in [0.05, 0.1) is 6.54 Å². The topological polar surface area (TPSA) is 51.2 Å². The molecule has 1 rings (SSSR count). The summed E-state index contributed by atoms with van der Waals surface area (Å²) in [5, 5.41) is -1.38. The predicted octanol–water partition coefficient (Wildman–Crippen LogP) is 3.76. The first-order chi connectivity index (χ1) is 13.3. The molecule has 1 aromatic carbocycles. The molecule has 0 aliphatic rings.